The molecular weight excluding hydrogens is 350 g/mol. The van der Waals surface area contributed by atoms with Gasteiger partial charge >= 0.3 is 0 Å². The minimum atomic E-state index is -3.56. The molecule has 6 nitrogen and oxygen atoms in total. The highest BCUT2D eigenvalue weighted by Gasteiger charge is 2.18. The molecular formula is C19H23N3O3S. The fourth-order valence-corrected chi connectivity index (χ4v) is 4.28. The summed E-state index contributed by atoms with van der Waals surface area (Å²) in [5.74, 6) is 0.0154. The quantitative estimate of drug-likeness (QED) is 0.837. The summed E-state index contributed by atoms with van der Waals surface area (Å²) in [5.41, 5.74) is 3.46. The molecule has 0 radical (unpaired) electrons. The van der Waals surface area contributed by atoms with Crippen molar-refractivity contribution in [1.29, 1.82) is 0 Å². The van der Waals surface area contributed by atoms with Gasteiger partial charge in [0.1, 0.15) is 0 Å². The monoisotopic (exact) mass is 373 g/mol. The van der Waals surface area contributed by atoms with Gasteiger partial charge in [0.2, 0.25) is 15.9 Å². The highest BCUT2D eigenvalue weighted by atomic mass is 32.2. The van der Waals surface area contributed by atoms with Crippen LogP contribution in [0.3, 0.4) is 0 Å². The van der Waals surface area contributed by atoms with E-state index in [1.807, 2.05) is 48.2 Å². The molecule has 1 aliphatic rings. The van der Waals surface area contributed by atoms with Gasteiger partial charge in [-0.25, -0.2) is 13.1 Å². The number of rotatable bonds is 5. The van der Waals surface area contributed by atoms with Gasteiger partial charge in [0.15, 0.2) is 0 Å². The van der Waals surface area contributed by atoms with Crippen molar-refractivity contribution in [2.24, 2.45) is 0 Å². The van der Waals surface area contributed by atoms with E-state index in [2.05, 4.69) is 10.0 Å². The molecule has 0 bridgehead atoms. The van der Waals surface area contributed by atoms with Crippen LogP contribution in [0.2, 0.25) is 0 Å². The van der Waals surface area contributed by atoms with Crippen molar-refractivity contribution in [2.75, 3.05) is 24.5 Å². The van der Waals surface area contributed by atoms with Crippen LogP contribution in [0.1, 0.15) is 16.7 Å². The maximum Gasteiger partial charge on any atom is 0.241 e. The molecule has 138 valence electrons. The Morgan fingerprint density at radius 2 is 1.85 bits per heavy atom. The molecule has 1 aliphatic heterocycles. The largest absolute Gasteiger partial charge is 0.360 e. The zero-order valence-corrected chi connectivity index (χ0v) is 15.8. The van der Waals surface area contributed by atoms with Crippen molar-refractivity contribution in [3.63, 3.8) is 0 Å². The zero-order valence-electron chi connectivity index (χ0n) is 15.0. The third-order valence-electron chi connectivity index (χ3n) is 4.44. The van der Waals surface area contributed by atoms with Crippen molar-refractivity contribution in [1.82, 2.24) is 10.0 Å². The molecule has 2 N–H and O–H groups in total. The number of amides is 1. The summed E-state index contributed by atoms with van der Waals surface area (Å²) in [6.07, 6.45) is 0. The van der Waals surface area contributed by atoms with E-state index in [0.29, 0.717) is 18.0 Å². The fourth-order valence-electron chi connectivity index (χ4n) is 2.94. The number of aryl methyl sites for hydroxylation is 2. The average molecular weight is 373 g/mol. The smallest absolute Gasteiger partial charge is 0.241 e. The van der Waals surface area contributed by atoms with Crippen LogP contribution >= 0.6 is 0 Å². The summed E-state index contributed by atoms with van der Waals surface area (Å²) in [6.45, 7) is 5.63. The standard InChI is InChI=1S/C19H23N3O3S/c1-14-3-4-15(2)18(11-14)26(24,25)21-12-16-5-7-17(8-6-16)22-10-9-20-19(23)13-22/h3-8,11,21H,9-10,12-13H2,1-2H3,(H,20,23). The van der Waals surface area contributed by atoms with Gasteiger partial charge in [0.05, 0.1) is 11.4 Å². The summed E-state index contributed by atoms with van der Waals surface area (Å²) >= 11 is 0. The third-order valence-corrected chi connectivity index (χ3v) is 5.98. The van der Waals surface area contributed by atoms with Crippen LogP contribution in [0.4, 0.5) is 5.69 Å². The van der Waals surface area contributed by atoms with E-state index in [1.54, 1.807) is 13.0 Å². The lowest BCUT2D eigenvalue weighted by Gasteiger charge is -2.28. The maximum absolute atomic E-state index is 12.6. The molecule has 26 heavy (non-hydrogen) atoms. The Morgan fingerprint density at radius 1 is 1.12 bits per heavy atom. The van der Waals surface area contributed by atoms with Gasteiger partial charge in [-0.1, -0.05) is 24.3 Å². The highest BCUT2D eigenvalue weighted by molar-refractivity contribution is 7.89. The molecule has 2 aromatic carbocycles. The highest BCUT2D eigenvalue weighted by Crippen LogP contribution is 2.19. The first kappa shape index (κ1) is 18.4. The summed E-state index contributed by atoms with van der Waals surface area (Å²) in [7, 11) is -3.56. The molecule has 1 saturated heterocycles. The molecule has 1 amide bonds. The number of hydrogen-bond donors (Lipinski definition) is 2. The van der Waals surface area contributed by atoms with Crippen LogP contribution in [-0.2, 0) is 21.4 Å². The Morgan fingerprint density at radius 3 is 2.54 bits per heavy atom. The summed E-state index contributed by atoms with van der Waals surface area (Å²) < 4.78 is 27.8. The van der Waals surface area contributed by atoms with Gasteiger partial charge in [0.25, 0.3) is 0 Å². The number of hydrogen-bond acceptors (Lipinski definition) is 4. The van der Waals surface area contributed by atoms with Crippen molar-refractivity contribution < 1.29 is 13.2 Å². The van der Waals surface area contributed by atoms with Crippen LogP contribution in [0.5, 0.6) is 0 Å². The molecule has 0 aromatic heterocycles. The van der Waals surface area contributed by atoms with Crippen molar-refractivity contribution >= 4 is 21.6 Å². The number of nitrogens with zero attached hydrogens (tertiary/aromatic N) is 1. The predicted octanol–water partition coefficient (Wildman–Crippen LogP) is 1.72. The van der Waals surface area contributed by atoms with Gasteiger partial charge in [-0.3, -0.25) is 4.79 Å². The van der Waals surface area contributed by atoms with Gasteiger partial charge in [-0.05, 0) is 48.7 Å². The van der Waals surface area contributed by atoms with E-state index >= 15 is 0 Å². The fraction of sp³-hybridized carbons (Fsp3) is 0.316. The molecule has 1 heterocycles. The van der Waals surface area contributed by atoms with E-state index in [4.69, 9.17) is 0 Å². The van der Waals surface area contributed by atoms with Crippen LogP contribution in [0.25, 0.3) is 0 Å². The second-order valence-corrected chi connectivity index (χ2v) is 8.27. The molecule has 1 fully saturated rings. The van der Waals surface area contributed by atoms with Crippen LogP contribution in [-0.4, -0.2) is 34.0 Å². The number of piperazine rings is 1. The molecule has 2 aromatic rings. The Balaban J connectivity index is 1.68. The Bertz CT molecular complexity index is 908. The lowest BCUT2D eigenvalue weighted by Crippen LogP contribution is -2.47. The molecule has 0 atom stereocenters. The lowest BCUT2D eigenvalue weighted by atomic mass is 10.2. The van der Waals surface area contributed by atoms with E-state index in [1.165, 1.54) is 0 Å². The van der Waals surface area contributed by atoms with E-state index < -0.39 is 10.0 Å². The van der Waals surface area contributed by atoms with Gasteiger partial charge < -0.3 is 10.2 Å². The third kappa shape index (κ3) is 4.23. The van der Waals surface area contributed by atoms with Crippen molar-refractivity contribution in [3.05, 3.63) is 59.2 Å². The number of nitrogens with one attached hydrogen (secondary N) is 2. The molecule has 0 unspecified atom stereocenters. The SMILES string of the molecule is Cc1ccc(C)c(S(=O)(=O)NCc2ccc(N3CCNC(=O)C3)cc2)c1. The molecule has 0 spiro atoms. The van der Waals surface area contributed by atoms with Crippen LogP contribution < -0.4 is 14.9 Å². The second-order valence-electron chi connectivity index (χ2n) is 6.53. The molecule has 0 saturated carbocycles. The number of benzene rings is 2. The summed E-state index contributed by atoms with van der Waals surface area (Å²) in [4.78, 5) is 13.8. The first-order valence-corrected chi connectivity index (χ1v) is 10.0. The number of sulfonamides is 1. The van der Waals surface area contributed by atoms with E-state index in [0.717, 1.165) is 28.9 Å². The Kier molecular flexibility index (Phi) is 5.29. The van der Waals surface area contributed by atoms with E-state index in [-0.39, 0.29) is 12.5 Å². The van der Waals surface area contributed by atoms with Crippen molar-refractivity contribution in [2.45, 2.75) is 25.3 Å². The Hall–Kier alpha value is -2.38. The maximum atomic E-state index is 12.6. The zero-order chi connectivity index (χ0) is 18.7. The first-order chi connectivity index (χ1) is 12.3. The minimum absolute atomic E-state index is 0.0154. The predicted molar refractivity (Wildman–Crippen MR) is 102 cm³/mol. The van der Waals surface area contributed by atoms with Crippen molar-refractivity contribution in [3.8, 4) is 0 Å². The van der Waals surface area contributed by atoms with E-state index in [9.17, 15) is 13.2 Å². The normalized spacial score (nSPS) is 15.0. The Labute approximate surface area is 154 Å². The lowest BCUT2D eigenvalue weighted by molar-refractivity contribution is -0.120. The van der Waals surface area contributed by atoms with Gasteiger partial charge in [-0.2, -0.15) is 0 Å². The van der Waals surface area contributed by atoms with Gasteiger partial charge in [-0.15, -0.1) is 0 Å². The molecule has 3 rings (SSSR count). The number of anilines is 1. The number of carbonyl (C=O) groups excluding carboxylic acids is 1. The summed E-state index contributed by atoms with van der Waals surface area (Å²) in [5, 5.41) is 2.80. The minimum Gasteiger partial charge on any atom is -0.360 e. The second kappa shape index (κ2) is 7.47. The molecule has 0 aliphatic carbocycles. The number of carbonyl (C=O) groups is 1. The average Bonchev–Trinajstić information content (AvgIpc) is 2.62. The van der Waals surface area contributed by atoms with Crippen LogP contribution in [0, 0.1) is 13.8 Å². The topological polar surface area (TPSA) is 78.5 Å². The first-order valence-electron chi connectivity index (χ1n) is 8.53. The molecule has 7 heteroatoms. The summed E-state index contributed by atoms with van der Waals surface area (Å²) in [6, 6.07) is 13.0. The van der Waals surface area contributed by atoms with Crippen LogP contribution in [0.15, 0.2) is 47.4 Å². The van der Waals surface area contributed by atoms with Gasteiger partial charge in [0, 0.05) is 25.3 Å².